The maximum atomic E-state index is 14.4. The van der Waals surface area contributed by atoms with Crippen molar-refractivity contribution in [1.82, 2.24) is 10.2 Å². The van der Waals surface area contributed by atoms with Crippen molar-refractivity contribution in [2.75, 3.05) is 26.2 Å². The highest BCUT2D eigenvalue weighted by molar-refractivity contribution is 5.84. The summed E-state index contributed by atoms with van der Waals surface area (Å²) < 4.78 is 34.1. The molecule has 2 aliphatic carbocycles. The molecule has 0 aromatic heterocycles. The first-order valence-electron chi connectivity index (χ1n) is 11.7. The van der Waals surface area contributed by atoms with Crippen LogP contribution >= 0.6 is 0 Å². The van der Waals surface area contributed by atoms with Gasteiger partial charge >= 0.3 is 12.1 Å². The van der Waals surface area contributed by atoms with E-state index >= 15 is 0 Å². The highest BCUT2D eigenvalue weighted by atomic mass is 19.3. The Morgan fingerprint density at radius 3 is 2.20 bits per heavy atom. The molecule has 9 heteroatoms. The predicted molar refractivity (Wildman–Crippen MR) is 124 cm³/mol. The molecule has 7 nitrogen and oxygen atoms in total. The van der Waals surface area contributed by atoms with Crippen molar-refractivity contribution in [3.05, 3.63) is 59.7 Å². The molecule has 2 N–H and O–H groups in total. The van der Waals surface area contributed by atoms with Crippen LogP contribution in [0.5, 0.6) is 0 Å². The molecule has 0 aliphatic heterocycles. The van der Waals surface area contributed by atoms with Gasteiger partial charge in [0.25, 0.3) is 5.92 Å². The third kappa shape index (κ3) is 4.99. The maximum absolute atomic E-state index is 14.4. The molecule has 0 bridgehead atoms. The second kappa shape index (κ2) is 10.0. The maximum Gasteiger partial charge on any atom is 0.407 e. The van der Waals surface area contributed by atoms with Gasteiger partial charge in [-0.15, -0.1) is 0 Å². The first-order chi connectivity index (χ1) is 16.8. The number of halogens is 2. The number of alkyl halides is 2. The van der Waals surface area contributed by atoms with Gasteiger partial charge in [0.05, 0.1) is 12.3 Å². The number of carboxylic acid groups (broad SMARTS) is 1. The summed E-state index contributed by atoms with van der Waals surface area (Å²) in [6.45, 7) is 1.51. The fourth-order valence-corrected chi connectivity index (χ4v) is 4.85. The van der Waals surface area contributed by atoms with Crippen molar-refractivity contribution >= 4 is 18.0 Å². The van der Waals surface area contributed by atoms with E-state index in [1.807, 2.05) is 48.5 Å². The van der Waals surface area contributed by atoms with E-state index in [0.717, 1.165) is 22.3 Å². The minimum Gasteiger partial charge on any atom is -0.481 e. The number of hydrogen-bond donors (Lipinski definition) is 2. The van der Waals surface area contributed by atoms with E-state index < -0.39 is 42.3 Å². The van der Waals surface area contributed by atoms with E-state index in [-0.39, 0.29) is 32.0 Å². The van der Waals surface area contributed by atoms with Crippen molar-refractivity contribution in [3.63, 3.8) is 0 Å². The van der Waals surface area contributed by atoms with E-state index in [4.69, 9.17) is 9.84 Å². The number of benzene rings is 2. The average molecular weight is 487 g/mol. The lowest BCUT2D eigenvalue weighted by atomic mass is 9.98. The molecule has 2 atom stereocenters. The first-order valence-corrected chi connectivity index (χ1v) is 11.7. The Morgan fingerprint density at radius 1 is 1.03 bits per heavy atom. The molecule has 4 rings (SSSR count). The summed E-state index contributed by atoms with van der Waals surface area (Å²) in [5.74, 6) is -8.21. The van der Waals surface area contributed by atoms with Gasteiger partial charge in [0.1, 0.15) is 12.5 Å². The van der Waals surface area contributed by atoms with Gasteiger partial charge in [-0.25, -0.2) is 13.6 Å². The number of nitrogens with zero attached hydrogens (tertiary/aromatic N) is 1. The van der Waals surface area contributed by atoms with Crippen LogP contribution in [0, 0.1) is 11.8 Å². The third-order valence-electron chi connectivity index (χ3n) is 6.68. The minimum atomic E-state index is -3.26. The number of hydrogen-bond acceptors (Lipinski definition) is 4. The lowest BCUT2D eigenvalue weighted by Gasteiger charge is -2.21. The molecular weight excluding hydrogens is 458 g/mol. The normalized spacial score (nSPS) is 19.4. The van der Waals surface area contributed by atoms with E-state index in [0.29, 0.717) is 6.42 Å². The number of aliphatic carboxylic acids is 1. The summed E-state index contributed by atoms with van der Waals surface area (Å²) in [5.41, 5.74) is 4.24. The monoisotopic (exact) mass is 486 g/mol. The SMILES string of the molecule is CCCN(CCC(=O)O)C(=O)[C@@H]1[C@H](CNC(=O)OCC2c3ccccc3-c3ccccc32)C1(F)F. The number of rotatable bonds is 10. The van der Waals surface area contributed by atoms with Crippen molar-refractivity contribution in [2.24, 2.45) is 11.8 Å². The standard InChI is InChI=1S/C26H28F2N2O5/c1-2-12-30(13-11-22(31)32)24(33)23-21(26(23,27)28)14-29-25(34)35-15-20-18-9-5-3-7-16(18)17-8-4-6-10-19(17)20/h3-10,20-21,23H,2,11-15H2,1H3,(H,29,34)(H,31,32)/t21-,23-/m0/s1. The molecule has 0 saturated heterocycles. The number of carboxylic acids is 1. The lowest BCUT2D eigenvalue weighted by molar-refractivity contribution is -0.139. The zero-order chi connectivity index (χ0) is 25.2. The molecule has 0 unspecified atom stereocenters. The van der Waals surface area contributed by atoms with Crippen molar-refractivity contribution < 1.29 is 33.0 Å². The summed E-state index contributed by atoms with van der Waals surface area (Å²) in [5, 5.41) is 11.2. The molecule has 0 radical (unpaired) electrons. The van der Waals surface area contributed by atoms with E-state index in [9.17, 15) is 23.2 Å². The Hall–Kier alpha value is -3.49. The second-order valence-electron chi connectivity index (χ2n) is 8.93. The number of ether oxygens (including phenoxy) is 1. The Bertz CT molecular complexity index is 1080. The van der Waals surface area contributed by atoms with Crippen molar-refractivity contribution in [1.29, 1.82) is 0 Å². The van der Waals surface area contributed by atoms with Gasteiger partial charge in [0, 0.05) is 25.6 Å². The van der Waals surface area contributed by atoms with E-state index in [1.54, 1.807) is 6.92 Å². The number of nitrogens with one attached hydrogen (secondary N) is 1. The molecule has 186 valence electrons. The molecule has 2 aromatic carbocycles. The van der Waals surface area contributed by atoms with Gasteiger partial charge in [-0.05, 0) is 28.7 Å². The fraction of sp³-hybridized carbons (Fsp3) is 0.423. The quantitative estimate of drug-likeness (QED) is 0.527. The molecule has 35 heavy (non-hydrogen) atoms. The summed E-state index contributed by atoms with van der Waals surface area (Å²) >= 11 is 0. The molecule has 0 heterocycles. The number of alkyl carbamates (subject to hydrolysis) is 1. The van der Waals surface area contributed by atoms with Gasteiger partial charge in [-0.1, -0.05) is 55.5 Å². The molecular formula is C26H28F2N2O5. The summed E-state index contributed by atoms with van der Waals surface area (Å²) in [6, 6.07) is 15.7. The summed E-state index contributed by atoms with van der Waals surface area (Å²) in [7, 11) is 0. The van der Waals surface area contributed by atoms with E-state index in [1.165, 1.54) is 4.90 Å². The van der Waals surface area contributed by atoms with Crippen LogP contribution < -0.4 is 5.32 Å². The zero-order valence-corrected chi connectivity index (χ0v) is 19.4. The smallest absolute Gasteiger partial charge is 0.407 e. The molecule has 1 saturated carbocycles. The topological polar surface area (TPSA) is 95.9 Å². The van der Waals surface area contributed by atoms with Crippen LogP contribution in [0.25, 0.3) is 11.1 Å². The van der Waals surface area contributed by atoms with Gasteiger partial charge in [-0.3, -0.25) is 9.59 Å². The molecule has 2 aliphatic rings. The zero-order valence-electron chi connectivity index (χ0n) is 19.4. The van der Waals surface area contributed by atoms with Crippen LogP contribution in [-0.2, 0) is 14.3 Å². The Morgan fingerprint density at radius 2 is 1.63 bits per heavy atom. The molecule has 0 spiro atoms. The van der Waals surface area contributed by atoms with Crippen molar-refractivity contribution in [3.8, 4) is 11.1 Å². The summed E-state index contributed by atoms with van der Waals surface area (Å²) in [4.78, 5) is 36.9. The molecule has 1 fully saturated rings. The minimum absolute atomic E-state index is 0.0583. The lowest BCUT2D eigenvalue weighted by Crippen LogP contribution is -2.36. The van der Waals surface area contributed by atoms with Gasteiger partial charge in [0.2, 0.25) is 5.91 Å². The third-order valence-corrected chi connectivity index (χ3v) is 6.68. The second-order valence-corrected chi connectivity index (χ2v) is 8.93. The highest BCUT2D eigenvalue weighted by Gasteiger charge is 2.72. The van der Waals surface area contributed by atoms with E-state index in [2.05, 4.69) is 5.32 Å². The van der Waals surface area contributed by atoms with Crippen LogP contribution in [0.2, 0.25) is 0 Å². The number of fused-ring (bicyclic) bond motifs is 3. The van der Waals surface area contributed by atoms with Gasteiger partial charge < -0.3 is 20.1 Å². The molecule has 2 aromatic rings. The summed E-state index contributed by atoms with van der Waals surface area (Å²) in [6.07, 6.45) is -0.615. The number of carbonyl (C=O) groups is 3. The van der Waals surface area contributed by atoms with Crippen LogP contribution in [0.4, 0.5) is 13.6 Å². The van der Waals surface area contributed by atoms with Gasteiger partial charge in [-0.2, -0.15) is 0 Å². The van der Waals surface area contributed by atoms with Crippen LogP contribution in [0.3, 0.4) is 0 Å². The average Bonchev–Trinajstić information content (AvgIpc) is 3.24. The van der Waals surface area contributed by atoms with Gasteiger partial charge in [0.15, 0.2) is 0 Å². The van der Waals surface area contributed by atoms with Crippen LogP contribution in [0.15, 0.2) is 48.5 Å². The number of carbonyl (C=O) groups excluding carboxylic acids is 2. The largest absolute Gasteiger partial charge is 0.481 e. The first kappa shape index (κ1) is 24.6. The highest BCUT2D eigenvalue weighted by Crippen LogP contribution is 2.55. The fourth-order valence-electron chi connectivity index (χ4n) is 4.85. The van der Waals surface area contributed by atoms with Crippen LogP contribution in [-0.4, -0.2) is 60.1 Å². The Labute approximate surface area is 202 Å². The predicted octanol–water partition coefficient (Wildman–Crippen LogP) is 4.12. The Balaban J connectivity index is 1.32. The molecule has 2 amide bonds. The van der Waals surface area contributed by atoms with Crippen molar-refractivity contribution in [2.45, 2.75) is 31.6 Å². The Kier molecular flexibility index (Phi) is 7.05. The van der Waals surface area contributed by atoms with Crippen LogP contribution in [0.1, 0.15) is 36.8 Å². The number of amides is 2.